The number of fused-ring (bicyclic) bond motifs is 1. The van der Waals surface area contributed by atoms with Crippen molar-refractivity contribution in [3.63, 3.8) is 0 Å². The third kappa shape index (κ3) is 2.36. The lowest BCUT2D eigenvalue weighted by atomic mass is 10.2. The van der Waals surface area contributed by atoms with Gasteiger partial charge in [0.2, 0.25) is 0 Å². The molecule has 0 radical (unpaired) electrons. The average molecular weight is 293 g/mol. The van der Waals surface area contributed by atoms with Gasteiger partial charge < -0.3 is 9.30 Å². The average Bonchev–Trinajstić information content (AvgIpc) is 2.88. The van der Waals surface area contributed by atoms with Crippen LogP contribution in [-0.2, 0) is 7.05 Å². The summed E-state index contributed by atoms with van der Waals surface area (Å²) in [6.07, 6.45) is 7.11. The molecule has 0 aliphatic carbocycles. The number of rotatable bonds is 3. The molecule has 108 valence electrons. The number of hydrogen-bond acceptors (Lipinski definition) is 4. The lowest BCUT2D eigenvalue weighted by Gasteiger charge is -2.08. The lowest BCUT2D eigenvalue weighted by molar-refractivity contribution is -0.384. The van der Waals surface area contributed by atoms with Crippen LogP contribution in [0.15, 0.2) is 42.7 Å². The Hall–Kier alpha value is -3.33. The molecule has 3 rings (SSSR count). The van der Waals surface area contributed by atoms with Gasteiger partial charge in [0.1, 0.15) is 11.5 Å². The van der Waals surface area contributed by atoms with Gasteiger partial charge in [-0.05, 0) is 18.2 Å². The molecule has 0 bridgehead atoms. The highest BCUT2D eigenvalue weighted by Gasteiger charge is 2.11. The molecule has 0 saturated carbocycles. The molecule has 0 atom stereocenters. The number of aryl methyl sites for hydroxylation is 1. The van der Waals surface area contributed by atoms with Crippen molar-refractivity contribution in [2.24, 2.45) is 7.05 Å². The Labute approximate surface area is 126 Å². The second kappa shape index (κ2) is 5.22. The van der Waals surface area contributed by atoms with Gasteiger partial charge in [0.05, 0.1) is 27.8 Å². The highest BCUT2D eigenvalue weighted by molar-refractivity contribution is 5.77. The van der Waals surface area contributed by atoms with Crippen LogP contribution in [0.25, 0.3) is 11.0 Å². The van der Waals surface area contributed by atoms with E-state index < -0.39 is 4.92 Å². The Bertz CT molecular complexity index is 922. The van der Waals surface area contributed by atoms with Crippen LogP contribution in [0.1, 0.15) is 5.56 Å². The summed E-state index contributed by atoms with van der Waals surface area (Å²) in [4.78, 5) is 14.5. The summed E-state index contributed by atoms with van der Waals surface area (Å²) < 4.78 is 7.64. The normalized spacial score (nSPS) is 10.4. The number of ether oxygens (including phenoxy) is 1. The second-order valence-electron chi connectivity index (χ2n) is 4.69. The summed E-state index contributed by atoms with van der Waals surface area (Å²) in [5.74, 6) is 3.36. The maximum atomic E-state index is 10.8. The number of nitro benzene ring substituents is 1. The fraction of sp³-hybridized carbons (Fsp3) is 0.0625. The zero-order valence-corrected chi connectivity index (χ0v) is 11.7. The number of nitro groups is 1. The van der Waals surface area contributed by atoms with E-state index in [0.29, 0.717) is 17.1 Å². The standard InChI is InChI=1S/C16H11N3O3/c1-3-11-8-12(19(20)21)4-7-16(11)22-13-5-6-15-14(9-13)17-10-18(15)2/h1,4-10H,2H3. The maximum absolute atomic E-state index is 10.8. The number of hydrogen-bond donors (Lipinski definition) is 0. The smallest absolute Gasteiger partial charge is 0.270 e. The lowest BCUT2D eigenvalue weighted by Crippen LogP contribution is -1.92. The van der Waals surface area contributed by atoms with Gasteiger partial charge in [-0.2, -0.15) is 0 Å². The Balaban J connectivity index is 1.97. The summed E-state index contributed by atoms with van der Waals surface area (Å²) in [5.41, 5.74) is 2.04. The maximum Gasteiger partial charge on any atom is 0.270 e. The van der Waals surface area contributed by atoms with E-state index >= 15 is 0 Å². The molecule has 3 aromatic rings. The number of terminal acetylenes is 1. The van der Waals surface area contributed by atoms with Gasteiger partial charge in [-0.15, -0.1) is 6.42 Å². The Morgan fingerprint density at radius 1 is 1.32 bits per heavy atom. The van der Waals surface area contributed by atoms with Gasteiger partial charge in [-0.3, -0.25) is 10.1 Å². The van der Waals surface area contributed by atoms with Crippen LogP contribution in [0.5, 0.6) is 11.5 Å². The van der Waals surface area contributed by atoms with E-state index in [2.05, 4.69) is 10.9 Å². The third-order valence-electron chi connectivity index (χ3n) is 3.25. The zero-order valence-electron chi connectivity index (χ0n) is 11.7. The van der Waals surface area contributed by atoms with Gasteiger partial charge in [0, 0.05) is 25.2 Å². The molecule has 2 aromatic carbocycles. The fourth-order valence-electron chi connectivity index (χ4n) is 2.14. The third-order valence-corrected chi connectivity index (χ3v) is 3.25. The molecule has 0 unspecified atom stereocenters. The van der Waals surface area contributed by atoms with E-state index in [1.807, 2.05) is 17.7 Å². The van der Waals surface area contributed by atoms with Gasteiger partial charge in [-0.1, -0.05) is 5.92 Å². The molecule has 1 heterocycles. The molecule has 1 aromatic heterocycles. The van der Waals surface area contributed by atoms with Crippen LogP contribution in [0.3, 0.4) is 0 Å². The molecule has 0 fully saturated rings. The van der Waals surface area contributed by atoms with Crippen molar-refractivity contribution < 1.29 is 9.66 Å². The number of nitrogens with zero attached hydrogens (tertiary/aromatic N) is 3. The van der Waals surface area contributed by atoms with Crippen molar-refractivity contribution in [2.45, 2.75) is 0 Å². The van der Waals surface area contributed by atoms with Crippen molar-refractivity contribution in [2.75, 3.05) is 0 Å². The highest BCUT2D eigenvalue weighted by atomic mass is 16.6. The molecular formula is C16H11N3O3. The first-order chi connectivity index (χ1) is 10.6. The number of non-ortho nitro benzene ring substituents is 1. The Morgan fingerprint density at radius 2 is 2.14 bits per heavy atom. The quantitative estimate of drug-likeness (QED) is 0.422. The first-order valence-corrected chi connectivity index (χ1v) is 6.42. The minimum Gasteiger partial charge on any atom is -0.456 e. The predicted octanol–water partition coefficient (Wildman–Crippen LogP) is 3.26. The molecule has 22 heavy (non-hydrogen) atoms. The molecule has 6 nitrogen and oxygen atoms in total. The Morgan fingerprint density at radius 3 is 2.86 bits per heavy atom. The van der Waals surface area contributed by atoms with E-state index in [4.69, 9.17) is 11.2 Å². The zero-order chi connectivity index (χ0) is 15.7. The van der Waals surface area contributed by atoms with Crippen molar-refractivity contribution >= 4 is 16.7 Å². The SMILES string of the molecule is C#Cc1cc([N+](=O)[O-])ccc1Oc1ccc2c(c1)ncn2C. The summed E-state index contributed by atoms with van der Waals surface area (Å²) in [7, 11) is 1.91. The first kappa shape index (κ1) is 13.6. The van der Waals surface area contributed by atoms with Crippen LogP contribution < -0.4 is 4.74 Å². The summed E-state index contributed by atoms with van der Waals surface area (Å²) in [6, 6.07) is 9.64. The molecule has 0 spiro atoms. The summed E-state index contributed by atoms with van der Waals surface area (Å²) >= 11 is 0. The van der Waals surface area contributed by atoms with E-state index in [0.717, 1.165) is 11.0 Å². The van der Waals surface area contributed by atoms with Crippen LogP contribution in [0, 0.1) is 22.5 Å². The highest BCUT2D eigenvalue weighted by Crippen LogP contribution is 2.29. The van der Waals surface area contributed by atoms with Crippen molar-refractivity contribution in [1.29, 1.82) is 0 Å². The predicted molar refractivity (Wildman–Crippen MR) is 81.8 cm³/mol. The molecule has 0 saturated heterocycles. The van der Waals surface area contributed by atoms with Crippen LogP contribution >= 0.6 is 0 Å². The number of imidazole rings is 1. The molecule has 0 N–H and O–H groups in total. The monoisotopic (exact) mass is 293 g/mol. The van der Waals surface area contributed by atoms with Crippen LogP contribution in [0.2, 0.25) is 0 Å². The van der Waals surface area contributed by atoms with E-state index in [9.17, 15) is 10.1 Å². The molecule has 0 aliphatic heterocycles. The minimum absolute atomic E-state index is 0.0690. The van der Waals surface area contributed by atoms with Gasteiger partial charge in [0.15, 0.2) is 0 Å². The second-order valence-corrected chi connectivity index (χ2v) is 4.69. The first-order valence-electron chi connectivity index (χ1n) is 6.42. The van der Waals surface area contributed by atoms with Crippen molar-refractivity contribution in [3.8, 4) is 23.8 Å². The van der Waals surface area contributed by atoms with Gasteiger partial charge in [-0.25, -0.2) is 4.98 Å². The van der Waals surface area contributed by atoms with E-state index in [-0.39, 0.29) is 5.69 Å². The Kier molecular flexibility index (Phi) is 3.24. The summed E-state index contributed by atoms with van der Waals surface area (Å²) in [6.45, 7) is 0. The number of aromatic nitrogens is 2. The number of benzene rings is 2. The van der Waals surface area contributed by atoms with Gasteiger partial charge >= 0.3 is 0 Å². The molecular weight excluding hydrogens is 282 g/mol. The largest absolute Gasteiger partial charge is 0.456 e. The van der Waals surface area contributed by atoms with Gasteiger partial charge in [0.25, 0.3) is 5.69 Å². The molecule has 0 amide bonds. The molecule has 6 heteroatoms. The topological polar surface area (TPSA) is 70.2 Å². The van der Waals surface area contributed by atoms with E-state index in [1.54, 1.807) is 18.5 Å². The van der Waals surface area contributed by atoms with E-state index in [1.165, 1.54) is 18.2 Å². The van der Waals surface area contributed by atoms with Crippen LogP contribution in [0.4, 0.5) is 5.69 Å². The van der Waals surface area contributed by atoms with Crippen molar-refractivity contribution in [1.82, 2.24) is 9.55 Å². The fourth-order valence-corrected chi connectivity index (χ4v) is 2.14. The minimum atomic E-state index is -0.495. The molecule has 0 aliphatic rings. The summed E-state index contributed by atoms with van der Waals surface area (Å²) in [5, 5.41) is 10.8. The van der Waals surface area contributed by atoms with Crippen LogP contribution in [-0.4, -0.2) is 14.5 Å². The van der Waals surface area contributed by atoms with Crippen molar-refractivity contribution in [3.05, 3.63) is 58.4 Å².